The topological polar surface area (TPSA) is 46.5 Å². The molecule has 5 nitrogen and oxygen atoms in total. The van der Waals surface area contributed by atoms with Gasteiger partial charge in [-0.05, 0) is 43.9 Å². The molecule has 1 saturated carbocycles. The van der Waals surface area contributed by atoms with Gasteiger partial charge in [0, 0.05) is 49.9 Å². The molecule has 1 aromatic heterocycles. The summed E-state index contributed by atoms with van der Waals surface area (Å²) in [6.45, 7) is 4.12. The second-order valence-electron chi connectivity index (χ2n) is 7.60. The Bertz CT molecular complexity index is 760. The second-order valence-corrected chi connectivity index (χ2v) is 7.60. The summed E-state index contributed by atoms with van der Waals surface area (Å²) in [5.41, 5.74) is 2.47. The van der Waals surface area contributed by atoms with Gasteiger partial charge in [0.05, 0.1) is 12.5 Å². The van der Waals surface area contributed by atoms with E-state index in [-0.39, 0.29) is 5.92 Å². The minimum Gasteiger partial charge on any atom is -0.383 e. The van der Waals surface area contributed by atoms with Gasteiger partial charge in [-0.3, -0.25) is 4.79 Å². The van der Waals surface area contributed by atoms with Crippen LogP contribution < -0.4 is 5.32 Å². The third kappa shape index (κ3) is 3.64. The highest BCUT2D eigenvalue weighted by Crippen LogP contribution is 2.32. The van der Waals surface area contributed by atoms with Gasteiger partial charge in [0.15, 0.2) is 0 Å². The molecule has 1 aromatic carbocycles. The number of aromatic nitrogens is 1. The van der Waals surface area contributed by atoms with Crippen molar-refractivity contribution in [1.82, 2.24) is 14.8 Å². The molecule has 2 fully saturated rings. The number of ether oxygens (including phenoxy) is 1. The summed E-state index contributed by atoms with van der Waals surface area (Å²) in [4.78, 5) is 15.3. The zero-order valence-corrected chi connectivity index (χ0v) is 15.6. The average molecular weight is 355 g/mol. The highest BCUT2D eigenvalue weighted by Gasteiger charge is 2.36. The molecular formula is C21H29N3O2. The summed E-state index contributed by atoms with van der Waals surface area (Å²) in [6, 6.07) is 8.92. The van der Waals surface area contributed by atoms with Gasteiger partial charge in [-0.15, -0.1) is 0 Å². The molecule has 26 heavy (non-hydrogen) atoms. The number of nitrogens with zero attached hydrogens (tertiary/aromatic N) is 2. The van der Waals surface area contributed by atoms with Crippen molar-refractivity contribution in [3.05, 3.63) is 36.0 Å². The summed E-state index contributed by atoms with van der Waals surface area (Å²) in [5, 5.41) is 4.64. The Morgan fingerprint density at radius 2 is 2.15 bits per heavy atom. The lowest BCUT2D eigenvalue weighted by Gasteiger charge is -2.29. The van der Waals surface area contributed by atoms with Crippen molar-refractivity contribution in [2.45, 2.75) is 44.8 Å². The zero-order chi connectivity index (χ0) is 17.9. The SMILES string of the molecule is COCCn1cc(CN(C(=O)[C@@H]2CCCNC2)C2CC2)c2ccccc21. The first kappa shape index (κ1) is 17.6. The molecule has 1 amide bonds. The van der Waals surface area contributed by atoms with Crippen molar-refractivity contribution < 1.29 is 9.53 Å². The van der Waals surface area contributed by atoms with Crippen LogP contribution in [0.2, 0.25) is 0 Å². The maximum atomic E-state index is 13.2. The molecular weight excluding hydrogens is 326 g/mol. The number of para-hydroxylation sites is 1. The molecule has 1 aliphatic carbocycles. The second kappa shape index (κ2) is 7.80. The Balaban J connectivity index is 1.58. The number of rotatable bonds is 7. The van der Waals surface area contributed by atoms with E-state index in [1.165, 1.54) is 16.5 Å². The molecule has 1 atom stereocenters. The van der Waals surface area contributed by atoms with Crippen LogP contribution in [0.5, 0.6) is 0 Å². The number of nitrogens with one attached hydrogen (secondary N) is 1. The molecule has 1 saturated heterocycles. The number of carbonyl (C=O) groups excluding carboxylic acids is 1. The van der Waals surface area contributed by atoms with Crippen LogP contribution in [-0.2, 0) is 22.6 Å². The summed E-state index contributed by atoms with van der Waals surface area (Å²) < 4.78 is 7.51. The van der Waals surface area contributed by atoms with E-state index in [0.29, 0.717) is 18.6 Å². The van der Waals surface area contributed by atoms with Crippen LogP contribution in [-0.4, -0.2) is 48.2 Å². The first-order chi connectivity index (χ1) is 12.8. The Labute approximate surface area is 155 Å². The van der Waals surface area contributed by atoms with Crippen LogP contribution in [0.15, 0.2) is 30.5 Å². The number of benzene rings is 1. The summed E-state index contributed by atoms with van der Waals surface area (Å²) in [5.74, 6) is 0.486. The Morgan fingerprint density at radius 3 is 2.88 bits per heavy atom. The number of amides is 1. The van der Waals surface area contributed by atoms with Crippen molar-refractivity contribution in [1.29, 1.82) is 0 Å². The van der Waals surface area contributed by atoms with E-state index in [4.69, 9.17) is 4.74 Å². The Hall–Kier alpha value is -1.85. The number of hydrogen-bond donors (Lipinski definition) is 1. The predicted molar refractivity (Wildman–Crippen MR) is 103 cm³/mol. The number of methoxy groups -OCH3 is 1. The molecule has 2 aromatic rings. The first-order valence-corrected chi connectivity index (χ1v) is 9.85. The molecule has 0 unspecified atom stereocenters. The molecule has 0 radical (unpaired) electrons. The number of fused-ring (bicyclic) bond motifs is 1. The first-order valence-electron chi connectivity index (χ1n) is 9.85. The van der Waals surface area contributed by atoms with Crippen molar-refractivity contribution in [3.63, 3.8) is 0 Å². The quantitative estimate of drug-likeness (QED) is 0.831. The minimum atomic E-state index is 0.145. The van der Waals surface area contributed by atoms with Crippen molar-refractivity contribution >= 4 is 16.8 Å². The van der Waals surface area contributed by atoms with Crippen molar-refractivity contribution in [2.75, 3.05) is 26.8 Å². The molecule has 2 aliphatic rings. The number of hydrogen-bond acceptors (Lipinski definition) is 3. The monoisotopic (exact) mass is 355 g/mol. The molecule has 0 bridgehead atoms. The molecule has 0 spiro atoms. The maximum absolute atomic E-state index is 13.2. The zero-order valence-electron chi connectivity index (χ0n) is 15.6. The number of carbonyl (C=O) groups is 1. The van der Waals surface area contributed by atoms with Gasteiger partial charge >= 0.3 is 0 Å². The van der Waals surface area contributed by atoms with Crippen LogP contribution in [0.4, 0.5) is 0 Å². The van der Waals surface area contributed by atoms with Gasteiger partial charge in [-0.25, -0.2) is 0 Å². The summed E-state index contributed by atoms with van der Waals surface area (Å²) in [7, 11) is 1.73. The predicted octanol–water partition coefficient (Wildman–Crippen LogP) is 2.78. The lowest BCUT2D eigenvalue weighted by Crippen LogP contribution is -2.43. The van der Waals surface area contributed by atoms with Crippen molar-refractivity contribution in [2.24, 2.45) is 5.92 Å². The third-order valence-electron chi connectivity index (χ3n) is 5.66. The smallest absolute Gasteiger partial charge is 0.227 e. The van der Waals surface area contributed by atoms with Crippen LogP contribution in [0.25, 0.3) is 10.9 Å². The van der Waals surface area contributed by atoms with E-state index < -0.39 is 0 Å². The lowest BCUT2D eigenvalue weighted by molar-refractivity contribution is -0.137. The molecule has 140 valence electrons. The Morgan fingerprint density at radius 1 is 1.31 bits per heavy atom. The van der Waals surface area contributed by atoms with Crippen LogP contribution in [0.3, 0.4) is 0 Å². The van der Waals surface area contributed by atoms with Gasteiger partial charge in [0.25, 0.3) is 0 Å². The average Bonchev–Trinajstić information content (AvgIpc) is 3.47. The minimum absolute atomic E-state index is 0.145. The fourth-order valence-electron chi connectivity index (χ4n) is 4.08. The van der Waals surface area contributed by atoms with Crippen LogP contribution in [0.1, 0.15) is 31.2 Å². The maximum Gasteiger partial charge on any atom is 0.227 e. The fraction of sp³-hybridized carbons (Fsp3) is 0.571. The van der Waals surface area contributed by atoms with E-state index in [1.807, 2.05) is 0 Å². The summed E-state index contributed by atoms with van der Waals surface area (Å²) in [6.07, 6.45) is 6.63. The molecule has 2 heterocycles. The standard InChI is InChI=1S/C21H29N3O2/c1-26-12-11-23-14-17(19-6-2-3-7-20(19)23)15-24(18-8-9-18)21(25)16-5-4-10-22-13-16/h2-3,6-7,14,16,18,22H,4-5,8-13,15H2,1H3/t16-/m1/s1. The van der Waals surface area contributed by atoms with Gasteiger partial charge in [0.2, 0.25) is 5.91 Å². The summed E-state index contributed by atoms with van der Waals surface area (Å²) >= 11 is 0. The highest BCUT2D eigenvalue weighted by molar-refractivity contribution is 5.85. The van der Waals surface area contributed by atoms with Crippen molar-refractivity contribution in [3.8, 4) is 0 Å². The molecule has 1 aliphatic heterocycles. The normalized spacial score (nSPS) is 20.4. The molecule has 1 N–H and O–H groups in total. The van der Waals surface area contributed by atoms with Gasteiger partial charge < -0.3 is 19.5 Å². The fourth-order valence-corrected chi connectivity index (χ4v) is 4.08. The van der Waals surface area contributed by atoms with Crippen LogP contribution in [0, 0.1) is 5.92 Å². The van der Waals surface area contributed by atoms with Crippen LogP contribution >= 0.6 is 0 Å². The van der Waals surface area contributed by atoms with E-state index in [9.17, 15) is 4.79 Å². The van der Waals surface area contributed by atoms with E-state index in [0.717, 1.165) is 51.9 Å². The Kier molecular flexibility index (Phi) is 5.27. The molecule has 4 rings (SSSR count). The molecule has 5 heteroatoms. The third-order valence-corrected chi connectivity index (χ3v) is 5.66. The van der Waals surface area contributed by atoms with E-state index >= 15 is 0 Å². The van der Waals surface area contributed by atoms with Gasteiger partial charge in [0.1, 0.15) is 0 Å². The largest absolute Gasteiger partial charge is 0.383 e. The highest BCUT2D eigenvalue weighted by atomic mass is 16.5. The van der Waals surface area contributed by atoms with E-state index in [2.05, 4.69) is 45.2 Å². The van der Waals surface area contributed by atoms with E-state index in [1.54, 1.807) is 7.11 Å². The lowest BCUT2D eigenvalue weighted by atomic mass is 9.97. The van der Waals surface area contributed by atoms with Gasteiger partial charge in [-0.2, -0.15) is 0 Å². The van der Waals surface area contributed by atoms with Gasteiger partial charge in [-0.1, -0.05) is 18.2 Å². The number of piperidine rings is 1.